The molecule has 4 aliphatic heterocycles. The first-order valence-electron chi connectivity index (χ1n) is 9.78. The van der Waals surface area contributed by atoms with Gasteiger partial charge in [0.15, 0.2) is 0 Å². The van der Waals surface area contributed by atoms with E-state index in [2.05, 4.69) is 9.80 Å². The Morgan fingerprint density at radius 2 is 0.917 bits per heavy atom. The van der Waals surface area contributed by atoms with Crippen LogP contribution in [0, 0.1) is 0 Å². The van der Waals surface area contributed by atoms with Gasteiger partial charge in [0, 0.05) is 26.2 Å². The molecule has 0 aromatic heterocycles. The molecule has 0 radical (unpaired) electrons. The van der Waals surface area contributed by atoms with Crippen LogP contribution in [0.3, 0.4) is 0 Å². The molecule has 4 unspecified atom stereocenters. The summed E-state index contributed by atoms with van der Waals surface area (Å²) in [6.07, 6.45) is 8.23. The van der Waals surface area contributed by atoms with Gasteiger partial charge in [-0.05, 0) is 12.8 Å². The molecule has 4 saturated heterocycles. The molecule has 6 heteroatoms. The minimum atomic E-state index is 0.147. The van der Waals surface area contributed by atoms with E-state index >= 15 is 0 Å². The van der Waals surface area contributed by atoms with E-state index in [4.69, 9.17) is 18.9 Å². The van der Waals surface area contributed by atoms with Crippen molar-refractivity contribution in [2.45, 2.75) is 62.2 Å². The van der Waals surface area contributed by atoms with Crippen LogP contribution in [0.1, 0.15) is 32.1 Å². The Kier molecular flexibility index (Phi) is 4.32. The zero-order chi connectivity index (χ0) is 16.0. The molecule has 1 aliphatic carbocycles. The normalized spacial score (nSPS) is 39.2. The molecular weight excluding hydrogens is 308 g/mol. The van der Waals surface area contributed by atoms with Crippen LogP contribution in [-0.4, -0.2) is 92.5 Å². The fourth-order valence-corrected chi connectivity index (χ4v) is 4.46. The Bertz CT molecular complexity index is 378. The van der Waals surface area contributed by atoms with E-state index in [0.29, 0.717) is 24.4 Å². The van der Waals surface area contributed by atoms with Gasteiger partial charge >= 0.3 is 0 Å². The van der Waals surface area contributed by atoms with Crippen molar-refractivity contribution in [1.82, 2.24) is 9.80 Å². The molecule has 0 aromatic rings. The first-order chi connectivity index (χ1) is 11.8. The van der Waals surface area contributed by atoms with Crippen molar-refractivity contribution in [3.05, 3.63) is 0 Å². The summed E-state index contributed by atoms with van der Waals surface area (Å²) in [7, 11) is 0. The second-order valence-electron chi connectivity index (χ2n) is 8.17. The third kappa shape index (κ3) is 3.79. The van der Waals surface area contributed by atoms with E-state index < -0.39 is 0 Å². The van der Waals surface area contributed by atoms with Crippen LogP contribution in [0.15, 0.2) is 0 Å². The van der Waals surface area contributed by atoms with Crippen molar-refractivity contribution >= 4 is 0 Å². The van der Waals surface area contributed by atoms with Gasteiger partial charge in [-0.1, -0.05) is 19.3 Å². The Hall–Kier alpha value is -0.240. The Balaban J connectivity index is 1.39. The molecule has 136 valence electrons. The second kappa shape index (κ2) is 6.49. The van der Waals surface area contributed by atoms with Crippen molar-refractivity contribution < 1.29 is 18.9 Å². The van der Waals surface area contributed by atoms with Gasteiger partial charge in [-0.15, -0.1) is 0 Å². The Labute approximate surface area is 144 Å². The summed E-state index contributed by atoms with van der Waals surface area (Å²) in [6, 6.07) is 0. The average Bonchev–Trinajstić information content (AvgIpc) is 3.45. The molecule has 6 nitrogen and oxygen atoms in total. The topological polar surface area (TPSA) is 56.6 Å². The van der Waals surface area contributed by atoms with Crippen LogP contribution >= 0.6 is 0 Å². The zero-order valence-corrected chi connectivity index (χ0v) is 14.5. The average molecular weight is 338 g/mol. The van der Waals surface area contributed by atoms with Crippen LogP contribution < -0.4 is 0 Å². The number of nitrogens with zero attached hydrogens (tertiary/aromatic N) is 2. The molecule has 4 heterocycles. The lowest BCUT2D eigenvalue weighted by Gasteiger charge is -2.53. The van der Waals surface area contributed by atoms with Gasteiger partial charge in [-0.25, -0.2) is 0 Å². The highest BCUT2D eigenvalue weighted by atomic mass is 16.6. The van der Waals surface area contributed by atoms with Gasteiger partial charge in [-0.3, -0.25) is 9.80 Å². The van der Waals surface area contributed by atoms with Crippen molar-refractivity contribution in [3.63, 3.8) is 0 Å². The highest BCUT2D eigenvalue weighted by Gasteiger charge is 2.49. The van der Waals surface area contributed by atoms with Gasteiger partial charge < -0.3 is 18.9 Å². The van der Waals surface area contributed by atoms with Crippen LogP contribution in [0.5, 0.6) is 0 Å². The molecule has 1 saturated carbocycles. The predicted molar refractivity (Wildman–Crippen MR) is 87.9 cm³/mol. The monoisotopic (exact) mass is 338 g/mol. The van der Waals surface area contributed by atoms with Gasteiger partial charge in [0.05, 0.1) is 56.5 Å². The lowest BCUT2D eigenvalue weighted by Crippen LogP contribution is -2.64. The highest BCUT2D eigenvalue weighted by molar-refractivity contribution is 4.99. The third-order valence-electron chi connectivity index (χ3n) is 6.14. The van der Waals surface area contributed by atoms with E-state index in [1.807, 2.05) is 0 Å². The zero-order valence-electron chi connectivity index (χ0n) is 14.5. The summed E-state index contributed by atoms with van der Waals surface area (Å²) in [4.78, 5) is 5.43. The van der Waals surface area contributed by atoms with Crippen molar-refractivity contribution in [2.75, 3.05) is 52.6 Å². The first-order valence-corrected chi connectivity index (χ1v) is 9.78. The quantitative estimate of drug-likeness (QED) is 0.435. The molecule has 0 amide bonds. The molecule has 5 fully saturated rings. The molecule has 5 aliphatic rings. The molecule has 0 N–H and O–H groups in total. The number of hydrogen-bond donors (Lipinski definition) is 0. The van der Waals surface area contributed by atoms with Gasteiger partial charge in [0.25, 0.3) is 0 Å². The van der Waals surface area contributed by atoms with Gasteiger partial charge in [0.2, 0.25) is 0 Å². The molecule has 24 heavy (non-hydrogen) atoms. The smallest absolute Gasteiger partial charge is 0.0937 e. The fraction of sp³-hybridized carbons (Fsp3) is 1.00. The van der Waals surface area contributed by atoms with E-state index in [1.54, 1.807) is 0 Å². The molecule has 5 rings (SSSR count). The van der Waals surface area contributed by atoms with Crippen molar-refractivity contribution in [1.29, 1.82) is 0 Å². The van der Waals surface area contributed by atoms with Crippen LogP contribution in [-0.2, 0) is 18.9 Å². The fourth-order valence-electron chi connectivity index (χ4n) is 4.46. The number of hydrogen-bond acceptors (Lipinski definition) is 6. The van der Waals surface area contributed by atoms with Crippen LogP contribution in [0.2, 0.25) is 0 Å². The highest BCUT2D eigenvalue weighted by Crippen LogP contribution is 2.40. The van der Waals surface area contributed by atoms with Gasteiger partial charge in [0.1, 0.15) is 0 Å². The third-order valence-corrected chi connectivity index (χ3v) is 6.14. The molecular formula is C18H30N2O4. The predicted octanol–water partition coefficient (Wildman–Crippen LogP) is 0.846. The Morgan fingerprint density at radius 1 is 0.583 bits per heavy atom. The summed E-state index contributed by atoms with van der Waals surface area (Å²) in [6.45, 7) is 7.90. The summed E-state index contributed by atoms with van der Waals surface area (Å²) in [5, 5.41) is 0. The summed E-state index contributed by atoms with van der Waals surface area (Å²) < 4.78 is 22.4. The Morgan fingerprint density at radius 3 is 1.21 bits per heavy atom. The first kappa shape index (κ1) is 16.0. The van der Waals surface area contributed by atoms with Crippen molar-refractivity contribution in [2.24, 2.45) is 0 Å². The van der Waals surface area contributed by atoms with Gasteiger partial charge in [-0.2, -0.15) is 0 Å². The SMILES string of the molecule is C1CCC(N(CC2CO2)CC2CO2)(N(CC2CO2)CC2CO2)CC1. The van der Waals surface area contributed by atoms with Crippen molar-refractivity contribution in [3.8, 4) is 0 Å². The number of epoxide rings is 4. The van der Waals surface area contributed by atoms with Crippen LogP contribution in [0.25, 0.3) is 0 Å². The largest absolute Gasteiger partial charge is 0.372 e. The van der Waals surface area contributed by atoms with E-state index in [9.17, 15) is 0 Å². The summed E-state index contributed by atoms with van der Waals surface area (Å²) >= 11 is 0. The summed E-state index contributed by atoms with van der Waals surface area (Å²) in [5.74, 6) is 0. The minimum Gasteiger partial charge on any atom is -0.372 e. The van der Waals surface area contributed by atoms with E-state index in [-0.39, 0.29) is 5.66 Å². The minimum absolute atomic E-state index is 0.147. The standard InChI is InChI=1S/C18H30N2O4/c1-2-4-18(5-3-1,19(6-14-10-21-14)7-15-11-22-15)20(8-16-12-23-16)9-17-13-24-17/h14-17H,1-13H2. The molecule has 4 atom stereocenters. The maximum atomic E-state index is 5.59. The summed E-state index contributed by atoms with van der Waals surface area (Å²) in [5.41, 5.74) is 0.147. The lowest BCUT2D eigenvalue weighted by molar-refractivity contribution is -0.0942. The second-order valence-corrected chi connectivity index (χ2v) is 8.17. The van der Waals surface area contributed by atoms with E-state index in [1.165, 1.54) is 32.1 Å². The maximum Gasteiger partial charge on any atom is 0.0937 e. The number of ether oxygens (including phenoxy) is 4. The molecule has 0 aromatic carbocycles. The number of rotatable bonds is 10. The van der Waals surface area contributed by atoms with E-state index in [0.717, 1.165) is 52.6 Å². The lowest BCUT2D eigenvalue weighted by atomic mass is 9.85. The molecule has 0 bridgehead atoms. The van der Waals surface area contributed by atoms with Crippen LogP contribution in [0.4, 0.5) is 0 Å². The maximum absolute atomic E-state index is 5.59. The molecule has 0 spiro atoms.